The molecule has 1 fully saturated rings. The smallest absolute Gasteiger partial charge is 0.221 e. The van der Waals surface area contributed by atoms with Crippen molar-refractivity contribution in [3.05, 3.63) is 35.9 Å². The fourth-order valence-corrected chi connectivity index (χ4v) is 2.76. The first-order valence-electron chi connectivity index (χ1n) is 8.64. The molecule has 1 aromatic carbocycles. The summed E-state index contributed by atoms with van der Waals surface area (Å²) in [7, 11) is 0. The van der Waals surface area contributed by atoms with Crippen molar-refractivity contribution < 1.29 is 9.59 Å². The first-order chi connectivity index (χ1) is 11.6. The summed E-state index contributed by atoms with van der Waals surface area (Å²) in [4.78, 5) is 27.8. The summed E-state index contributed by atoms with van der Waals surface area (Å²) < 4.78 is 0. The minimum atomic E-state index is -0.00697. The van der Waals surface area contributed by atoms with E-state index in [1.54, 1.807) is 11.8 Å². The Hall–Kier alpha value is -1.63. The van der Waals surface area contributed by atoms with Gasteiger partial charge in [0.15, 0.2) is 0 Å². The molecule has 1 aliphatic rings. The van der Waals surface area contributed by atoms with Crippen LogP contribution in [0.4, 0.5) is 0 Å². The quantitative estimate of drug-likeness (QED) is 0.714. The van der Waals surface area contributed by atoms with Crippen molar-refractivity contribution in [3.8, 4) is 0 Å². The number of halogens is 1. The Balaban J connectivity index is 0.00000312. The molecule has 0 atom stereocenters. The van der Waals surface area contributed by atoms with Crippen molar-refractivity contribution in [1.29, 1.82) is 0 Å². The summed E-state index contributed by atoms with van der Waals surface area (Å²) in [6, 6.07) is 9.84. The van der Waals surface area contributed by atoms with Gasteiger partial charge in [-0.1, -0.05) is 30.3 Å². The molecule has 140 valence electrons. The van der Waals surface area contributed by atoms with Crippen LogP contribution in [-0.2, 0) is 16.1 Å². The lowest BCUT2D eigenvalue weighted by atomic mass is 10.2. The number of nitrogens with one attached hydrogen (secondary N) is 2. The molecule has 1 aromatic rings. The van der Waals surface area contributed by atoms with Crippen molar-refractivity contribution in [2.24, 2.45) is 0 Å². The van der Waals surface area contributed by atoms with E-state index in [1.807, 2.05) is 30.3 Å². The van der Waals surface area contributed by atoms with E-state index >= 15 is 0 Å². The maximum Gasteiger partial charge on any atom is 0.221 e. The molecule has 0 radical (unpaired) electrons. The van der Waals surface area contributed by atoms with Crippen LogP contribution in [0, 0.1) is 0 Å². The number of carbonyl (C=O) groups is 2. The van der Waals surface area contributed by atoms with E-state index in [-0.39, 0.29) is 24.2 Å². The third-order valence-corrected chi connectivity index (χ3v) is 4.23. The maximum atomic E-state index is 12.0. The van der Waals surface area contributed by atoms with Gasteiger partial charge < -0.3 is 15.5 Å². The minimum Gasteiger partial charge on any atom is -0.355 e. The van der Waals surface area contributed by atoms with Crippen LogP contribution in [0.15, 0.2) is 30.3 Å². The number of rotatable bonds is 8. The summed E-state index contributed by atoms with van der Waals surface area (Å²) in [6.07, 6.45) is 0.341. The van der Waals surface area contributed by atoms with E-state index in [1.165, 1.54) is 0 Å². The van der Waals surface area contributed by atoms with Crippen molar-refractivity contribution in [3.63, 3.8) is 0 Å². The molecular weight excluding hydrogens is 340 g/mol. The number of carbonyl (C=O) groups excluding carboxylic acids is 2. The van der Waals surface area contributed by atoms with E-state index in [4.69, 9.17) is 0 Å². The van der Waals surface area contributed by atoms with Crippen molar-refractivity contribution >= 4 is 24.2 Å². The maximum absolute atomic E-state index is 12.0. The number of amides is 2. The Bertz CT molecular complexity index is 521. The third-order valence-electron chi connectivity index (χ3n) is 4.23. The van der Waals surface area contributed by atoms with Crippen LogP contribution in [0.5, 0.6) is 0 Å². The normalized spacial score (nSPS) is 14.4. The molecule has 6 nitrogen and oxygen atoms in total. The number of hydrogen-bond donors (Lipinski definition) is 2. The van der Waals surface area contributed by atoms with Gasteiger partial charge in [-0.05, 0) is 5.56 Å². The minimum absolute atomic E-state index is 0. The lowest BCUT2D eigenvalue weighted by Crippen LogP contribution is -2.46. The van der Waals surface area contributed by atoms with Crippen LogP contribution >= 0.6 is 12.4 Å². The topological polar surface area (TPSA) is 64.7 Å². The molecule has 2 amide bonds. The summed E-state index contributed by atoms with van der Waals surface area (Å²) in [5, 5.41) is 6.26. The molecule has 0 aromatic heterocycles. The predicted molar refractivity (Wildman–Crippen MR) is 102 cm³/mol. The highest BCUT2D eigenvalue weighted by atomic mass is 35.5. The number of benzene rings is 1. The SMILES string of the molecule is CC(=O)N(CCC(=O)NCCN1CCNCC1)Cc1ccccc1.Cl. The van der Waals surface area contributed by atoms with Crippen LogP contribution < -0.4 is 10.6 Å². The second kappa shape index (κ2) is 11.8. The van der Waals surface area contributed by atoms with Gasteiger partial charge in [-0.25, -0.2) is 0 Å². The molecule has 0 spiro atoms. The molecule has 0 unspecified atom stereocenters. The fourth-order valence-electron chi connectivity index (χ4n) is 2.76. The van der Waals surface area contributed by atoms with Gasteiger partial charge in [0.1, 0.15) is 0 Å². The zero-order valence-electron chi connectivity index (χ0n) is 14.9. The Morgan fingerprint density at radius 3 is 2.52 bits per heavy atom. The van der Waals surface area contributed by atoms with E-state index in [2.05, 4.69) is 15.5 Å². The highest BCUT2D eigenvalue weighted by Gasteiger charge is 2.13. The van der Waals surface area contributed by atoms with Crippen LogP contribution in [0.25, 0.3) is 0 Å². The average Bonchev–Trinajstić information content (AvgIpc) is 2.60. The molecular formula is C18H29ClN4O2. The van der Waals surface area contributed by atoms with Gasteiger partial charge >= 0.3 is 0 Å². The van der Waals surface area contributed by atoms with Crippen molar-refractivity contribution in [2.45, 2.75) is 19.9 Å². The number of hydrogen-bond acceptors (Lipinski definition) is 4. The monoisotopic (exact) mass is 368 g/mol. The van der Waals surface area contributed by atoms with Gasteiger partial charge in [-0.2, -0.15) is 0 Å². The van der Waals surface area contributed by atoms with Crippen LogP contribution in [0.1, 0.15) is 18.9 Å². The molecule has 2 N–H and O–H groups in total. The Morgan fingerprint density at radius 2 is 1.88 bits per heavy atom. The standard InChI is InChI=1S/C18H28N4O2.ClH/c1-16(23)22(15-17-5-3-2-4-6-17)11-7-18(24)20-10-14-21-12-8-19-9-13-21;/h2-6,19H,7-15H2,1H3,(H,20,24);1H. The zero-order valence-corrected chi connectivity index (χ0v) is 15.7. The third kappa shape index (κ3) is 8.34. The molecule has 1 aliphatic heterocycles. The largest absolute Gasteiger partial charge is 0.355 e. The molecule has 1 saturated heterocycles. The van der Waals surface area contributed by atoms with Crippen LogP contribution in [0.2, 0.25) is 0 Å². The average molecular weight is 369 g/mol. The first kappa shape index (κ1) is 21.4. The van der Waals surface area contributed by atoms with Gasteiger partial charge in [-0.3, -0.25) is 14.5 Å². The van der Waals surface area contributed by atoms with Crippen LogP contribution in [-0.4, -0.2) is 67.4 Å². The zero-order chi connectivity index (χ0) is 17.2. The summed E-state index contributed by atoms with van der Waals surface area (Å²) >= 11 is 0. The molecule has 1 heterocycles. The Labute approximate surface area is 156 Å². The molecule has 0 bridgehead atoms. The molecule has 0 saturated carbocycles. The summed E-state index contributed by atoms with van der Waals surface area (Å²) in [6.45, 7) is 8.18. The Morgan fingerprint density at radius 1 is 1.20 bits per heavy atom. The van der Waals surface area contributed by atoms with Crippen molar-refractivity contribution in [2.75, 3.05) is 45.8 Å². The number of nitrogens with zero attached hydrogens (tertiary/aromatic N) is 2. The van der Waals surface area contributed by atoms with E-state index in [0.717, 1.165) is 38.3 Å². The lowest BCUT2D eigenvalue weighted by molar-refractivity contribution is -0.130. The predicted octanol–water partition coefficient (Wildman–Crippen LogP) is 0.868. The van der Waals surface area contributed by atoms with Gasteiger partial charge in [0.2, 0.25) is 11.8 Å². The van der Waals surface area contributed by atoms with Crippen molar-refractivity contribution in [1.82, 2.24) is 20.4 Å². The van der Waals surface area contributed by atoms with E-state index in [0.29, 0.717) is 26.1 Å². The second-order valence-corrected chi connectivity index (χ2v) is 6.12. The lowest BCUT2D eigenvalue weighted by Gasteiger charge is -2.27. The second-order valence-electron chi connectivity index (χ2n) is 6.12. The first-order valence-corrected chi connectivity index (χ1v) is 8.64. The number of piperazine rings is 1. The summed E-state index contributed by atoms with van der Waals surface area (Å²) in [5.41, 5.74) is 1.08. The Kier molecular flexibility index (Phi) is 10.1. The fraction of sp³-hybridized carbons (Fsp3) is 0.556. The highest BCUT2D eigenvalue weighted by molar-refractivity contribution is 5.85. The van der Waals surface area contributed by atoms with Gasteiger partial charge in [0.25, 0.3) is 0 Å². The van der Waals surface area contributed by atoms with Gasteiger partial charge in [0.05, 0.1) is 0 Å². The van der Waals surface area contributed by atoms with Crippen LogP contribution in [0.3, 0.4) is 0 Å². The van der Waals surface area contributed by atoms with E-state index < -0.39 is 0 Å². The van der Waals surface area contributed by atoms with Gasteiger partial charge in [-0.15, -0.1) is 12.4 Å². The summed E-state index contributed by atoms with van der Waals surface area (Å²) in [5.74, 6) is -0.00286. The van der Waals surface area contributed by atoms with Gasteiger partial charge in [0, 0.05) is 65.7 Å². The molecule has 25 heavy (non-hydrogen) atoms. The molecule has 0 aliphatic carbocycles. The van der Waals surface area contributed by atoms with E-state index in [9.17, 15) is 9.59 Å². The highest BCUT2D eigenvalue weighted by Crippen LogP contribution is 2.05. The molecule has 2 rings (SSSR count). The molecule has 7 heteroatoms.